The minimum absolute atomic E-state index is 0.0348. The summed E-state index contributed by atoms with van der Waals surface area (Å²) in [4.78, 5) is 11.9. The first-order valence-electron chi connectivity index (χ1n) is 8.24. The zero-order valence-corrected chi connectivity index (χ0v) is 15.7. The van der Waals surface area contributed by atoms with Crippen LogP contribution < -0.4 is 5.32 Å². The molecule has 1 aromatic heterocycles. The van der Waals surface area contributed by atoms with E-state index in [2.05, 4.69) is 33.9 Å². The number of carbonyl (C=O) groups is 1. The molecular formula is C17H23ClN4OS. The number of carbonyl (C=O) groups excluding carboxylic acids is 1. The van der Waals surface area contributed by atoms with Gasteiger partial charge in [0.25, 0.3) is 0 Å². The highest BCUT2D eigenvalue weighted by atomic mass is 35.5. The van der Waals surface area contributed by atoms with E-state index >= 15 is 0 Å². The third-order valence-corrected chi connectivity index (χ3v) is 4.67. The quantitative estimate of drug-likeness (QED) is 0.538. The fourth-order valence-corrected chi connectivity index (χ4v) is 3.14. The smallest absolute Gasteiger partial charge is 0.230 e. The van der Waals surface area contributed by atoms with Gasteiger partial charge in [-0.1, -0.05) is 43.6 Å². The van der Waals surface area contributed by atoms with Gasteiger partial charge in [-0.15, -0.1) is 10.2 Å². The molecule has 0 bridgehead atoms. The van der Waals surface area contributed by atoms with Gasteiger partial charge in [-0.2, -0.15) is 0 Å². The molecule has 2 rings (SSSR count). The minimum Gasteiger partial charge on any atom is -0.355 e. The van der Waals surface area contributed by atoms with Gasteiger partial charge in [-0.3, -0.25) is 4.79 Å². The number of unbranched alkanes of at least 4 members (excludes halogenated alkanes) is 1. The number of thioether (sulfide) groups is 1. The number of benzene rings is 1. The maximum absolute atomic E-state index is 11.9. The molecule has 5 nitrogen and oxygen atoms in total. The molecule has 0 atom stereocenters. The average molecular weight is 367 g/mol. The minimum atomic E-state index is 0.0348. The van der Waals surface area contributed by atoms with E-state index in [1.165, 1.54) is 11.8 Å². The lowest BCUT2D eigenvalue weighted by Gasteiger charge is -2.09. The number of nitrogens with one attached hydrogen (secondary N) is 1. The Kier molecular flexibility index (Phi) is 7.59. The highest BCUT2D eigenvalue weighted by Crippen LogP contribution is 2.25. The summed E-state index contributed by atoms with van der Waals surface area (Å²) in [6, 6.07) is 7.56. The number of nitrogens with zero attached hydrogens (tertiary/aromatic N) is 3. The van der Waals surface area contributed by atoms with Gasteiger partial charge < -0.3 is 9.88 Å². The van der Waals surface area contributed by atoms with E-state index in [4.69, 9.17) is 11.6 Å². The summed E-state index contributed by atoms with van der Waals surface area (Å²) in [5.74, 6) is 1.20. The van der Waals surface area contributed by atoms with Crippen molar-refractivity contribution in [2.75, 3.05) is 12.3 Å². The SMILES string of the molecule is CCCCNC(=O)CSc1nnc(-c2ccc(Cl)cc2)n1CCC. The number of hydrogen-bond acceptors (Lipinski definition) is 4. The molecule has 0 aliphatic heterocycles. The normalized spacial score (nSPS) is 10.8. The lowest BCUT2D eigenvalue weighted by molar-refractivity contribution is -0.118. The molecule has 0 saturated carbocycles. The third-order valence-electron chi connectivity index (χ3n) is 3.45. The van der Waals surface area contributed by atoms with E-state index in [9.17, 15) is 4.79 Å². The summed E-state index contributed by atoms with van der Waals surface area (Å²) in [6.45, 7) is 5.75. The van der Waals surface area contributed by atoms with Crippen LogP contribution in [0.25, 0.3) is 11.4 Å². The molecule has 2 aromatic rings. The van der Waals surface area contributed by atoms with Gasteiger partial charge in [0.2, 0.25) is 5.91 Å². The predicted molar refractivity (Wildman–Crippen MR) is 99.4 cm³/mol. The fourth-order valence-electron chi connectivity index (χ4n) is 2.22. The van der Waals surface area contributed by atoms with Crippen molar-refractivity contribution in [3.05, 3.63) is 29.3 Å². The maximum atomic E-state index is 11.9. The number of rotatable bonds is 9. The van der Waals surface area contributed by atoms with E-state index in [1.807, 2.05) is 24.3 Å². The number of amides is 1. The highest BCUT2D eigenvalue weighted by molar-refractivity contribution is 7.99. The average Bonchev–Trinajstić information content (AvgIpc) is 2.97. The summed E-state index contributed by atoms with van der Waals surface area (Å²) in [7, 11) is 0. The maximum Gasteiger partial charge on any atom is 0.230 e. The molecule has 1 aromatic carbocycles. The zero-order valence-electron chi connectivity index (χ0n) is 14.1. The van der Waals surface area contributed by atoms with Crippen LogP contribution in [0.2, 0.25) is 5.02 Å². The van der Waals surface area contributed by atoms with Crippen molar-refractivity contribution >= 4 is 29.3 Å². The monoisotopic (exact) mass is 366 g/mol. The Hall–Kier alpha value is -1.53. The molecule has 24 heavy (non-hydrogen) atoms. The molecule has 0 aliphatic carbocycles. The van der Waals surface area contributed by atoms with Gasteiger partial charge in [0, 0.05) is 23.7 Å². The largest absolute Gasteiger partial charge is 0.355 e. The molecular weight excluding hydrogens is 344 g/mol. The van der Waals surface area contributed by atoms with Crippen LogP contribution in [-0.2, 0) is 11.3 Å². The summed E-state index contributed by atoms with van der Waals surface area (Å²) in [5, 5.41) is 13.0. The van der Waals surface area contributed by atoms with Crippen molar-refractivity contribution < 1.29 is 4.79 Å². The fraction of sp³-hybridized carbons (Fsp3) is 0.471. The Morgan fingerprint density at radius 2 is 1.96 bits per heavy atom. The second kappa shape index (κ2) is 9.69. The van der Waals surface area contributed by atoms with Crippen LogP contribution in [0.3, 0.4) is 0 Å². The van der Waals surface area contributed by atoms with Crippen LogP contribution in [0.1, 0.15) is 33.1 Å². The van der Waals surface area contributed by atoms with Crippen LogP contribution in [0.5, 0.6) is 0 Å². The molecule has 0 spiro atoms. The van der Waals surface area contributed by atoms with Gasteiger partial charge in [0.05, 0.1) is 5.75 Å². The Morgan fingerprint density at radius 3 is 2.62 bits per heavy atom. The Labute approximate surface area is 152 Å². The van der Waals surface area contributed by atoms with E-state index < -0.39 is 0 Å². The molecule has 1 heterocycles. The van der Waals surface area contributed by atoms with Crippen molar-refractivity contribution in [3.63, 3.8) is 0 Å². The number of aromatic nitrogens is 3. The van der Waals surface area contributed by atoms with Gasteiger partial charge >= 0.3 is 0 Å². The highest BCUT2D eigenvalue weighted by Gasteiger charge is 2.15. The van der Waals surface area contributed by atoms with Crippen molar-refractivity contribution in [2.45, 2.75) is 44.8 Å². The third kappa shape index (κ3) is 5.24. The molecule has 0 radical (unpaired) electrons. The lowest BCUT2D eigenvalue weighted by Crippen LogP contribution is -2.26. The summed E-state index contributed by atoms with van der Waals surface area (Å²) < 4.78 is 2.06. The van der Waals surface area contributed by atoms with Gasteiger partial charge in [-0.05, 0) is 37.1 Å². The Balaban J connectivity index is 2.07. The van der Waals surface area contributed by atoms with Crippen molar-refractivity contribution in [1.29, 1.82) is 0 Å². The van der Waals surface area contributed by atoms with E-state index in [-0.39, 0.29) is 5.91 Å². The summed E-state index contributed by atoms with van der Waals surface area (Å²) >= 11 is 7.37. The number of hydrogen-bond donors (Lipinski definition) is 1. The van der Waals surface area contributed by atoms with E-state index in [1.54, 1.807) is 0 Å². The summed E-state index contributed by atoms with van der Waals surface area (Å²) in [6.07, 6.45) is 3.04. The molecule has 0 aliphatic rings. The van der Waals surface area contributed by atoms with Gasteiger partial charge in [0.15, 0.2) is 11.0 Å². The molecule has 7 heteroatoms. The predicted octanol–water partition coefficient (Wildman–Crippen LogP) is 4.02. The first-order valence-corrected chi connectivity index (χ1v) is 9.60. The van der Waals surface area contributed by atoms with Gasteiger partial charge in [-0.25, -0.2) is 0 Å². The Morgan fingerprint density at radius 1 is 1.21 bits per heavy atom. The molecule has 130 valence electrons. The lowest BCUT2D eigenvalue weighted by atomic mass is 10.2. The van der Waals surface area contributed by atoms with Gasteiger partial charge in [0.1, 0.15) is 0 Å². The molecule has 1 N–H and O–H groups in total. The number of halogens is 1. The second-order valence-corrected chi connectivity index (χ2v) is 6.84. The van der Waals surface area contributed by atoms with E-state index in [0.29, 0.717) is 10.8 Å². The Bertz CT molecular complexity index is 657. The molecule has 0 unspecified atom stereocenters. The first-order chi connectivity index (χ1) is 11.7. The first kappa shape index (κ1) is 18.8. The van der Waals surface area contributed by atoms with Crippen molar-refractivity contribution in [3.8, 4) is 11.4 Å². The standard InChI is InChI=1S/C17H23ClN4OS/c1-3-5-10-19-15(23)12-24-17-21-20-16(22(17)11-4-2)13-6-8-14(18)9-7-13/h6-9H,3-5,10-12H2,1-2H3,(H,19,23). The second-order valence-electron chi connectivity index (χ2n) is 5.46. The van der Waals surface area contributed by atoms with Crippen LogP contribution in [0, 0.1) is 0 Å². The molecule has 1 amide bonds. The molecule has 0 fully saturated rings. The van der Waals surface area contributed by atoms with Crippen LogP contribution in [0.4, 0.5) is 0 Å². The zero-order chi connectivity index (χ0) is 17.4. The summed E-state index contributed by atoms with van der Waals surface area (Å²) in [5.41, 5.74) is 0.972. The van der Waals surface area contributed by atoms with Crippen molar-refractivity contribution in [2.24, 2.45) is 0 Å². The van der Waals surface area contributed by atoms with Crippen molar-refractivity contribution in [1.82, 2.24) is 20.1 Å². The molecule has 0 saturated heterocycles. The topological polar surface area (TPSA) is 59.8 Å². The van der Waals surface area contributed by atoms with Crippen LogP contribution in [0.15, 0.2) is 29.4 Å². The van der Waals surface area contributed by atoms with E-state index in [0.717, 1.165) is 48.9 Å². The van der Waals surface area contributed by atoms with Crippen LogP contribution in [-0.4, -0.2) is 33.0 Å². The van der Waals surface area contributed by atoms with Crippen LogP contribution >= 0.6 is 23.4 Å².